The van der Waals surface area contributed by atoms with E-state index in [-0.39, 0.29) is 24.2 Å². The van der Waals surface area contributed by atoms with Gasteiger partial charge in [0.2, 0.25) is 5.91 Å². The third kappa shape index (κ3) is 7.10. The van der Waals surface area contributed by atoms with Crippen molar-refractivity contribution in [2.75, 3.05) is 13.1 Å². The van der Waals surface area contributed by atoms with Crippen LogP contribution in [0.2, 0.25) is 5.02 Å². The third-order valence-electron chi connectivity index (χ3n) is 6.89. The topological polar surface area (TPSA) is 43.8 Å². The summed E-state index contributed by atoms with van der Waals surface area (Å²) >= 11 is 10.2. The SMILES string of the molecule is CC.O=C(CN1CCc2ccccc2C1c1ccccc1Br)N(Cc1ccccc1)Cc1ccc(O)cc1Cl. The number of nitrogens with zero attached hydrogens (tertiary/aromatic N) is 2. The van der Waals surface area contributed by atoms with Crippen molar-refractivity contribution >= 4 is 33.4 Å². The zero-order valence-corrected chi connectivity index (χ0v) is 24.7. The van der Waals surface area contributed by atoms with E-state index in [0.717, 1.165) is 34.1 Å². The molecule has 39 heavy (non-hydrogen) atoms. The summed E-state index contributed by atoms with van der Waals surface area (Å²) in [5.41, 5.74) is 5.57. The minimum absolute atomic E-state index is 0.0275. The van der Waals surface area contributed by atoms with E-state index in [1.165, 1.54) is 17.2 Å². The average Bonchev–Trinajstić information content (AvgIpc) is 2.96. The van der Waals surface area contributed by atoms with Crippen LogP contribution in [0.15, 0.2) is 102 Å². The molecule has 1 amide bonds. The number of hydrogen-bond donors (Lipinski definition) is 1. The van der Waals surface area contributed by atoms with Crippen LogP contribution in [0.3, 0.4) is 0 Å². The fraction of sp³-hybridized carbons (Fsp3) is 0.242. The normalized spacial score (nSPS) is 14.6. The van der Waals surface area contributed by atoms with Gasteiger partial charge in [-0.15, -0.1) is 0 Å². The lowest BCUT2D eigenvalue weighted by Crippen LogP contribution is -2.44. The summed E-state index contributed by atoms with van der Waals surface area (Å²) < 4.78 is 1.03. The highest BCUT2D eigenvalue weighted by Crippen LogP contribution is 2.38. The minimum Gasteiger partial charge on any atom is -0.508 e. The Kier molecular flexibility index (Phi) is 10.2. The molecule has 1 N–H and O–H groups in total. The molecule has 0 radical (unpaired) electrons. The van der Waals surface area contributed by atoms with E-state index in [1.54, 1.807) is 12.1 Å². The van der Waals surface area contributed by atoms with Gasteiger partial charge in [0.25, 0.3) is 0 Å². The quantitative estimate of drug-likeness (QED) is 0.232. The number of hydrogen-bond acceptors (Lipinski definition) is 3. The summed E-state index contributed by atoms with van der Waals surface area (Å²) in [6.45, 7) is 5.90. The number of phenolic OH excluding ortho intramolecular Hbond substituents is 1. The van der Waals surface area contributed by atoms with Crippen LogP contribution in [0.4, 0.5) is 0 Å². The van der Waals surface area contributed by atoms with E-state index in [0.29, 0.717) is 18.1 Å². The Morgan fingerprint density at radius 1 is 0.923 bits per heavy atom. The van der Waals surface area contributed by atoms with Crippen molar-refractivity contribution in [3.8, 4) is 5.75 Å². The first-order valence-electron chi connectivity index (χ1n) is 13.3. The smallest absolute Gasteiger partial charge is 0.237 e. The highest BCUT2D eigenvalue weighted by Gasteiger charge is 2.32. The molecule has 0 fully saturated rings. The second kappa shape index (κ2) is 13.8. The van der Waals surface area contributed by atoms with E-state index in [2.05, 4.69) is 57.2 Å². The molecular formula is C33H34BrClN2O2. The van der Waals surface area contributed by atoms with Crippen LogP contribution in [0.25, 0.3) is 0 Å². The molecule has 6 heteroatoms. The van der Waals surface area contributed by atoms with Crippen LogP contribution < -0.4 is 0 Å². The summed E-state index contributed by atoms with van der Waals surface area (Å²) in [6, 6.07) is 31.6. The molecule has 0 spiro atoms. The summed E-state index contributed by atoms with van der Waals surface area (Å²) in [6.07, 6.45) is 0.896. The van der Waals surface area contributed by atoms with Gasteiger partial charge in [0.1, 0.15) is 5.75 Å². The molecule has 1 heterocycles. The summed E-state index contributed by atoms with van der Waals surface area (Å²) in [5, 5.41) is 10.2. The molecule has 4 aromatic rings. The first-order valence-corrected chi connectivity index (χ1v) is 14.5. The van der Waals surface area contributed by atoms with Crippen molar-refractivity contribution in [1.82, 2.24) is 9.80 Å². The van der Waals surface area contributed by atoms with E-state index >= 15 is 0 Å². The first-order chi connectivity index (χ1) is 19.0. The average molecular weight is 606 g/mol. The fourth-order valence-electron chi connectivity index (χ4n) is 5.03. The van der Waals surface area contributed by atoms with Gasteiger partial charge in [-0.2, -0.15) is 0 Å². The molecule has 0 saturated heterocycles. The van der Waals surface area contributed by atoms with Crippen LogP contribution in [-0.4, -0.2) is 33.9 Å². The Balaban J connectivity index is 0.00000172. The van der Waals surface area contributed by atoms with Crippen molar-refractivity contribution in [2.24, 2.45) is 0 Å². The van der Waals surface area contributed by atoms with E-state index < -0.39 is 0 Å². The van der Waals surface area contributed by atoms with Gasteiger partial charge in [-0.1, -0.05) is 120 Å². The maximum Gasteiger partial charge on any atom is 0.237 e. The monoisotopic (exact) mass is 604 g/mol. The molecule has 1 unspecified atom stereocenters. The van der Waals surface area contributed by atoms with Gasteiger partial charge in [0, 0.05) is 29.1 Å². The first kappa shape index (κ1) is 28.9. The zero-order chi connectivity index (χ0) is 27.8. The predicted octanol–water partition coefficient (Wildman–Crippen LogP) is 8.01. The van der Waals surface area contributed by atoms with Gasteiger partial charge in [-0.05, 0) is 52.4 Å². The zero-order valence-electron chi connectivity index (χ0n) is 22.4. The van der Waals surface area contributed by atoms with E-state index in [4.69, 9.17) is 11.6 Å². The highest BCUT2D eigenvalue weighted by atomic mass is 79.9. The summed E-state index contributed by atoms with van der Waals surface area (Å²) in [4.78, 5) is 18.1. The second-order valence-corrected chi connectivity index (χ2v) is 10.6. The van der Waals surface area contributed by atoms with Crippen LogP contribution >= 0.6 is 27.5 Å². The number of amides is 1. The molecule has 4 nitrogen and oxygen atoms in total. The molecule has 4 aromatic carbocycles. The van der Waals surface area contributed by atoms with Crippen LogP contribution in [-0.2, 0) is 24.3 Å². The lowest BCUT2D eigenvalue weighted by molar-refractivity contribution is -0.134. The number of carbonyl (C=O) groups excluding carboxylic acids is 1. The molecule has 5 rings (SSSR count). The number of phenols is 1. The van der Waals surface area contributed by atoms with Crippen molar-refractivity contribution < 1.29 is 9.90 Å². The predicted molar refractivity (Wildman–Crippen MR) is 163 cm³/mol. The molecule has 0 aliphatic carbocycles. The number of halogens is 2. The lowest BCUT2D eigenvalue weighted by Gasteiger charge is -2.38. The van der Waals surface area contributed by atoms with E-state index in [1.807, 2.05) is 61.2 Å². The highest BCUT2D eigenvalue weighted by molar-refractivity contribution is 9.10. The summed E-state index contributed by atoms with van der Waals surface area (Å²) in [7, 11) is 0. The van der Waals surface area contributed by atoms with Crippen molar-refractivity contribution in [3.05, 3.63) is 134 Å². The molecule has 1 atom stereocenters. The molecule has 202 valence electrons. The van der Waals surface area contributed by atoms with E-state index in [9.17, 15) is 9.90 Å². The number of fused-ring (bicyclic) bond motifs is 1. The molecule has 0 bridgehead atoms. The number of rotatable bonds is 7. The van der Waals surface area contributed by atoms with Gasteiger partial charge in [0.15, 0.2) is 0 Å². The Bertz CT molecular complexity index is 1400. The van der Waals surface area contributed by atoms with Gasteiger partial charge < -0.3 is 10.0 Å². The fourth-order valence-corrected chi connectivity index (χ4v) is 5.77. The Morgan fingerprint density at radius 2 is 1.59 bits per heavy atom. The third-order valence-corrected chi connectivity index (χ3v) is 7.96. The van der Waals surface area contributed by atoms with Gasteiger partial charge in [-0.3, -0.25) is 9.69 Å². The van der Waals surface area contributed by atoms with Crippen molar-refractivity contribution in [1.29, 1.82) is 0 Å². The van der Waals surface area contributed by atoms with Crippen LogP contribution in [0.5, 0.6) is 5.75 Å². The molecule has 0 aromatic heterocycles. The van der Waals surface area contributed by atoms with Crippen molar-refractivity contribution in [3.63, 3.8) is 0 Å². The Hall–Kier alpha value is -3.12. The number of benzene rings is 4. The molecule has 1 aliphatic rings. The maximum absolute atomic E-state index is 14.0. The molecule has 1 aliphatic heterocycles. The minimum atomic E-state index is -0.0275. The van der Waals surface area contributed by atoms with Crippen LogP contribution in [0.1, 0.15) is 47.7 Å². The Labute approximate surface area is 245 Å². The Morgan fingerprint density at radius 3 is 2.31 bits per heavy atom. The summed E-state index contributed by atoms with van der Waals surface area (Å²) in [5.74, 6) is 0.141. The number of carbonyl (C=O) groups is 1. The number of aromatic hydroxyl groups is 1. The second-order valence-electron chi connectivity index (χ2n) is 9.35. The van der Waals surface area contributed by atoms with Gasteiger partial charge in [0.05, 0.1) is 12.6 Å². The lowest BCUT2D eigenvalue weighted by atomic mass is 9.88. The largest absolute Gasteiger partial charge is 0.508 e. The van der Waals surface area contributed by atoms with Crippen molar-refractivity contribution in [2.45, 2.75) is 39.4 Å². The van der Waals surface area contributed by atoms with Crippen LogP contribution in [0, 0.1) is 0 Å². The standard InChI is InChI=1S/C31H28BrClN2O2.C2H6/c32-28-13-7-6-12-27(28)31-26-11-5-4-10-23(26)16-17-34(31)21-30(37)35(19-22-8-2-1-3-9-22)20-24-14-15-25(36)18-29(24)33;1-2/h1-15,18,31,36H,16-17,19-21H2;1-2H3. The maximum atomic E-state index is 14.0. The molecular weight excluding hydrogens is 572 g/mol. The van der Waals surface area contributed by atoms with Gasteiger partial charge >= 0.3 is 0 Å². The molecule has 0 saturated carbocycles. The van der Waals surface area contributed by atoms with Gasteiger partial charge in [-0.25, -0.2) is 0 Å².